The molecule has 130 valence electrons. The van der Waals surface area contributed by atoms with Crippen molar-refractivity contribution in [3.05, 3.63) is 40.9 Å². The van der Waals surface area contributed by atoms with Crippen molar-refractivity contribution in [1.82, 2.24) is 25.0 Å². The van der Waals surface area contributed by atoms with Gasteiger partial charge in [0.1, 0.15) is 5.82 Å². The van der Waals surface area contributed by atoms with Gasteiger partial charge in [-0.15, -0.1) is 5.10 Å². The van der Waals surface area contributed by atoms with Gasteiger partial charge >= 0.3 is 0 Å². The molecule has 1 N–H and O–H groups in total. The quantitative estimate of drug-likeness (QED) is 0.915. The van der Waals surface area contributed by atoms with Gasteiger partial charge in [-0.05, 0) is 37.3 Å². The van der Waals surface area contributed by atoms with E-state index in [0.717, 1.165) is 50.4 Å². The van der Waals surface area contributed by atoms with Gasteiger partial charge in [0.2, 0.25) is 5.82 Å². The maximum Gasteiger partial charge on any atom is 0.293 e. The standard InChI is InChI=1S/C18H20ClN5O/c19-13-3-1-2-4-14(13)24-17(11-5-6-11)21-16(22-24)18(25)23-8-7-12-9-20-10-15(12)23/h1-4,11-12,15,20H,5-10H2/t12-,15+/m0/s1. The number of likely N-dealkylation sites (tertiary alicyclic amines) is 1. The average molecular weight is 358 g/mol. The van der Waals surface area contributed by atoms with Crippen molar-refractivity contribution in [2.75, 3.05) is 19.6 Å². The minimum atomic E-state index is -0.0519. The van der Waals surface area contributed by atoms with E-state index >= 15 is 0 Å². The number of fused-ring (bicyclic) bond motifs is 1. The zero-order valence-corrected chi connectivity index (χ0v) is 14.6. The lowest BCUT2D eigenvalue weighted by Crippen LogP contribution is -2.39. The highest BCUT2D eigenvalue weighted by Crippen LogP contribution is 2.40. The van der Waals surface area contributed by atoms with Gasteiger partial charge in [0.05, 0.1) is 10.7 Å². The molecule has 1 amide bonds. The first-order chi connectivity index (χ1) is 12.2. The minimum absolute atomic E-state index is 0.0519. The molecule has 2 atom stereocenters. The van der Waals surface area contributed by atoms with Gasteiger partial charge in [-0.2, -0.15) is 0 Å². The van der Waals surface area contributed by atoms with Crippen LogP contribution < -0.4 is 5.32 Å². The van der Waals surface area contributed by atoms with Crippen LogP contribution in [0.1, 0.15) is 41.6 Å². The topological polar surface area (TPSA) is 63.1 Å². The van der Waals surface area contributed by atoms with Crippen LogP contribution in [0, 0.1) is 5.92 Å². The summed E-state index contributed by atoms with van der Waals surface area (Å²) in [7, 11) is 0. The van der Waals surface area contributed by atoms with E-state index < -0.39 is 0 Å². The molecule has 6 nitrogen and oxygen atoms in total. The average Bonchev–Trinajstić information content (AvgIpc) is 3.04. The molecule has 0 bridgehead atoms. The fourth-order valence-corrected chi connectivity index (χ4v) is 4.27. The number of aromatic nitrogens is 3. The van der Waals surface area contributed by atoms with E-state index in [-0.39, 0.29) is 11.9 Å². The summed E-state index contributed by atoms with van der Waals surface area (Å²) < 4.78 is 1.77. The van der Waals surface area contributed by atoms with E-state index in [1.54, 1.807) is 4.68 Å². The zero-order chi connectivity index (χ0) is 17.0. The third kappa shape index (κ3) is 2.55. The van der Waals surface area contributed by atoms with Crippen molar-refractivity contribution in [1.29, 1.82) is 0 Å². The van der Waals surface area contributed by atoms with Crippen molar-refractivity contribution in [3.63, 3.8) is 0 Å². The van der Waals surface area contributed by atoms with Crippen LogP contribution in [0.2, 0.25) is 5.02 Å². The molecule has 2 aromatic rings. The lowest BCUT2D eigenvalue weighted by atomic mass is 10.1. The van der Waals surface area contributed by atoms with Gasteiger partial charge in [-0.1, -0.05) is 23.7 Å². The van der Waals surface area contributed by atoms with E-state index in [9.17, 15) is 4.79 Å². The molecule has 1 saturated carbocycles. The van der Waals surface area contributed by atoms with Gasteiger partial charge in [-0.25, -0.2) is 9.67 Å². The number of hydrogen-bond acceptors (Lipinski definition) is 4. The second-order valence-corrected chi connectivity index (χ2v) is 7.61. The van der Waals surface area contributed by atoms with Crippen molar-refractivity contribution in [2.24, 2.45) is 5.92 Å². The van der Waals surface area contributed by atoms with Crippen LogP contribution in [-0.2, 0) is 0 Å². The predicted molar refractivity (Wildman–Crippen MR) is 94.1 cm³/mol. The normalized spacial score (nSPS) is 25.4. The van der Waals surface area contributed by atoms with Crippen LogP contribution in [0.25, 0.3) is 5.69 Å². The van der Waals surface area contributed by atoms with Crippen LogP contribution in [0.15, 0.2) is 24.3 Å². The van der Waals surface area contributed by atoms with Crippen molar-refractivity contribution >= 4 is 17.5 Å². The number of rotatable bonds is 3. The Kier molecular flexibility index (Phi) is 3.57. The van der Waals surface area contributed by atoms with Crippen LogP contribution in [-0.4, -0.2) is 51.2 Å². The number of para-hydroxylation sites is 1. The molecular weight excluding hydrogens is 338 g/mol. The molecule has 0 spiro atoms. The largest absolute Gasteiger partial charge is 0.331 e. The second-order valence-electron chi connectivity index (χ2n) is 7.20. The number of benzene rings is 1. The molecule has 2 aliphatic heterocycles. The van der Waals surface area contributed by atoms with Gasteiger partial charge < -0.3 is 10.2 Å². The molecule has 25 heavy (non-hydrogen) atoms. The number of carbonyl (C=O) groups is 1. The van der Waals surface area contributed by atoms with Crippen LogP contribution in [0.5, 0.6) is 0 Å². The highest BCUT2D eigenvalue weighted by atomic mass is 35.5. The Balaban J connectivity index is 1.51. The summed E-state index contributed by atoms with van der Waals surface area (Å²) in [4.78, 5) is 19.6. The molecule has 3 fully saturated rings. The Bertz CT molecular complexity index is 831. The lowest BCUT2D eigenvalue weighted by molar-refractivity contribution is 0.0724. The Morgan fingerprint density at radius 2 is 2.04 bits per heavy atom. The minimum Gasteiger partial charge on any atom is -0.331 e. The van der Waals surface area contributed by atoms with Crippen molar-refractivity contribution in [3.8, 4) is 5.69 Å². The Morgan fingerprint density at radius 3 is 2.84 bits per heavy atom. The summed E-state index contributed by atoms with van der Waals surface area (Å²) in [6.07, 6.45) is 3.24. The fraction of sp³-hybridized carbons (Fsp3) is 0.500. The first-order valence-corrected chi connectivity index (χ1v) is 9.33. The molecule has 2 saturated heterocycles. The molecular formula is C18H20ClN5O. The van der Waals surface area contributed by atoms with E-state index in [0.29, 0.717) is 22.7 Å². The van der Waals surface area contributed by atoms with Crippen LogP contribution in [0.3, 0.4) is 0 Å². The molecule has 3 aliphatic rings. The van der Waals surface area contributed by atoms with E-state index in [1.165, 1.54) is 0 Å². The molecule has 0 radical (unpaired) electrons. The lowest BCUT2D eigenvalue weighted by Gasteiger charge is -2.21. The van der Waals surface area contributed by atoms with Gasteiger partial charge in [-0.3, -0.25) is 4.79 Å². The molecule has 5 rings (SSSR count). The van der Waals surface area contributed by atoms with Gasteiger partial charge in [0, 0.05) is 31.6 Å². The number of amides is 1. The zero-order valence-electron chi connectivity index (χ0n) is 13.9. The maximum absolute atomic E-state index is 13.0. The summed E-state index contributed by atoms with van der Waals surface area (Å²) >= 11 is 6.35. The number of halogens is 1. The number of nitrogens with zero attached hydrogens (tertiary/aromatic N) is 4. The molecule has 1 aliphatic carbocycles. The van der Waals surface area contributed by atoms with Crippen molar-refractivity contribution in [2.45, 2.75) is 31.2 Å². The summed E-state index contributed by atoms with van der Waals surface area (Å²) in [5.74, 6) is 2.05. The first-order valence-electron chi connectivity index (χ1n) is 8.96. The Morgan fingerprint density at radius 1 is 1.20 bits per heavy atom. The van der Waals surface area contributed by atoms with Crippen LogP contribution >= 0.6 is 11.6 Å². The van der Waals surface area contributed by atoms with E-state index in [2.05, 4.69) is 15.4 Å². The highest BCUT2D eigenvalue weighted by molar-refractivity contribution is 6.32. The smallest absolute Gasteiger partial charge is 0.293 e. The Labute approximate surface area is 151 Å². The summed E-state index contributed by atoms with van der Waals surface area (Å²) in [5, 5.41) is 8.57. The van der Waals surface area contributed by atoms with Crippen molar-refractivity contribution < 1.29 is 4.79 Å². The third-order valence-corrected chi connectivity index (χ3v) is 5.87. The van der Waals surface area contributed by atoms with E-state index in [1.807, 2.05) is 29.2 Å². The van der Waals surface area contributed by atoms with Gasteiger partial charge in [0.15, 0.2) is 0 Å². The predicted octanol–water partition coefficient (Wildman–Crippen LogP) is 2.23. The second kappa shape index (κ2) is 5.81. The number of nitrogens with one attached hydrogen (secondary N) is 1. The molecule has 1 aromatic heterocycles. The molecule has 1 aromatic carbocycles. The molecule has 7 heteroatoms. The van der Waals surface area contributed by atoms with E-state index in [4.69, 9.17) is 11.6 Å². The van der Waals surface area contributed by atoms with Crippen LogP contribution in [0.4, 0.5) is 0 Å². The summed E-state index contributed by atoms with van der Waals surface area (Å²) in [6, 6.07) is 7.86. The third-order valence-electron chi connectivity index (χ3n) is 5.55. The number of hydrogen-bond donors (Lipinski definition) is 1. The highest BCUT2D eigenvalue weighted by Gasteiger charge is 2.42. The summed E-state index contributed by atoms with van der Waals surface area (Å²) in [5.41, 5.74) is 0.791. The number of carbonyl (C=O) groups excluding carboxylic acids is 1. The SMILES string of the molecule is O=C(c1nc(C2CC2)n(-c2ccccc2Cl)n1)N1CC[C@H]2CNC[C@H]21. The monoisotopic (exact) mass is 357 g/mol. The maximum atomic E-state index is 13.0. The first kappa shape index (κ1) is 15.3. The fourth-order valence-electron chi connectivity index (χ4n) is 4.05. The summed E-state index contributed by atoms with van der Waals surface area (Å²) in [6.45, 7) is 2.68. The molecule has 0 unspecified atom stereocenters. The molecule has 3 heterocycles. The van der Waals surface area contributed by atoms with Gasteiger partial charge in [0.25, 0.3) is 5.91 Å². The Hall–Kier alpha value is -1.92.